The largest absolute Gasteiger partial charge is 0.631 e. The minimum Gasteiger partial charge on any atom is -0.412 e. The van der Waals surface area contributed by atoms with E-state index in [-0.39, 0.29) is 65.1 Å². The van der Waals surface area contributed by atoms with Crippen molar-refractivity contribution >= 4 is 81.7 Å². The Morgan fingerprint density at radius 1 is 0.200 bits per heavy atom. The van der Waals surface area contributed by atoms with Gasteiger partial charge in [0.1, 0.15) is 0 Å². The molecule has 0 atom stereocenters. The van der Waals surface area contributed by atoms with E-state index in [0.29, 0.717) is 0 Å². The SMILES string of the molecule is O.O.O.O.O.OB(O)O.OB(O)O.OB(O)O.OB(O)O.OB(O)O.OB(O)O.[Ca]. The third kappa shape index (κ3) is 41500. The van der Waals surface area contributed by atoms with Gasteiger partial charge < -0.3 is 118 Å². The topological polar surface area (TPSA) is 522 Å². The van der Waals surface area contributed by atoms with Crippen LogP contribution in [0.5, 0.6) is 0 Å². The van der Waals surface area contributed by atoms with Crippen LogP contribution in [0.15, 0.2) is 0 Å². The van der Waals surface area contributed by atoms with E-state index in [1.807, 2.05) is 0 Å². The molecular weight excluding hydrogens is 473 g/mol. The molecule has 0 aliphatic rings. The van der Waals surface area contributed by atoms with Crippen LogP contribution in [-0.2, 0) is 0 Å². The third-order valence-electron chi connectivity index (χ3n) is 0. The van der Waals surface area contributed by atoms with E-state index in [0.717, 1.165) is 0 Å². The van der Waals surface area contributed by atoms with Crippen LogP contribution >= 0.6 is 0 Å². The summed E-state index contributed by atoms with van der Waals surface area (Å²) in [6.45, 7) is 0. The predicted molar refractivity (Wildman–Crippen MR) is 98.3 cm³/mol. The van der Waals surface area contributed by atoms with Crippen molar-refractivity contribution in [2.24, 2.45) is 0 Å². The minimum absolute atomic E-state index is 0. The molecule has 30 heavy (non-hydrogen) atoms. The van der Waals surface area contributed by atoms with Crippen molar-refractivity contribution < 1.29 is 118 Å². The monoisotopic (exact) mass is 502 g/mol. The van der Waals surface area contributed by atoms with Crippen LogP contribution in [0.4, 0.5) is 0 Å². The maximum absolute atomic E-state index is 7.17. The van der Waals surface area contributed by atoms with Crippen molar-refractivity contribution in [3.8, 4) is 0 Å². The molecule has 0 bridgehead atoms. The zero-order valence-electron chi connectivity index (χ0n) is 14.7. The molecule has 30 heteroatoms. The summed E-state index contributed by atoms with van der Waals surface area (Å²) in [7, 11) is -13.0. The summed E-state index contributed by atoms with van der Waals surface area (Å²) >= 11 is 0. The molecule has 0 aliphatic carbocycles. The first-order valence-electron chi connectivity index (χ1n) is 4.65. The van der Waals surface area contributed by atoms with Crippen LogP contribution in [0, 0.1) is 0 Å². The second-order valence-electron chi connectivity index (χ2n) is 2.08. The molecule has 0 aromatic heterocycles. The Bertz CT molecular complexity index is 103. The van der Waals surface area contributed by atoms with Gasteiger partial charge in [-0.05, 0) is 0 Å². The molecule has 0 unspecified atom stereocenters. The Labute approximate surface area is 199 Å². The fraction of sp³-hybridized carbons (Fsp3) is 0. The quantitative estimate of drug-likeness (QED) is 0.137. The Kier molecular flexibility index (Phi) is 181. The van der Waals surface area contributed by atoms with Crippen molar-refractivity contribution in [2.75, 3.05) is 0 Å². The molecule has 2 radical (unpaired) electrons. The van der Waals surface area contributed by atoms with Crippen molar-refractivity contribution in [3.63, 3.8) is 0 Å². The van der Waals surface area contributed by atoms with Gasteiger partial charge in [0.25, 0.3) is 0 Å². The molecule has 0 saturated heterocycles. The second kappa shape index (κ2) is 70.0. The van der Waals surface area contributed by atoms with E-state index < -0.39 is 43.9 Å². The predicted octanol–water partition coefficient (Wildman–Crippen LogP) is -16.8. The molecule has 0 aromatic rings. The first kappa shape index (κ1) is 77.4. The summed E-state index contributed by atoms with van der Waals surface area (Å²) < 4.78 is 0. The molecule has 186 valence electrons. The smallest absolute Gasteiger partial charge is 0.412 e. The van der Waals surface area contributed by atoms with Crippen LogP contribution in [0.2, 0.25) is 0 Å². The second-order valence-corrected chi connectivity index (χ2v) is 2.08. The average Bonchev–Trinajstić information content (AvgIpc) is 2.08. The normalized spacial score (nSPS) is 5.40. The van der Waals surface area contributed by atoms with Gasteiger partial charge in [-0.3, -0.25) is 0 Å². The molecule has 0 spiro atoms. The average molecular weight is 501 g/mol. The van der Waals surface area contributed by atoms with E-state index in [2.05, 4.69) is 0 Å². The van der Waals surface area contributed by atoms with Crippen LogP contribution in [0.1, 0.15) is 0 Å². The summed E-state index contributed by atoms with van der Waals surface area (Å²) in [5, 5.41) is 129. The van der Waals surface area contributed by atoms with E-state index in [1.54, 1.807) is 0 Å². The number of hydrogen-bond acceptors (Lipinski definition) is 18. The van der Waals surface area contributed by atoms with E-state index in [9.17, 15) is 0 Å². The summed E-state index contributed by atoms with van der Waals surface area (Å²) in [6.07, 6.45) is 0. The van der Waals surface area contributed by atoms with Gasteiger partial charge in [-0.2, -0.15) is 0 Å². The van der Waals surface area contributed by atoms with Crippen LogP contribution in [0.25, 0.3) is 0 Å². The van der Waals surface area contributed by atoms with Crippen molar-refractivity contribution in [1.82, 2.24) is 0 Å². The summed E-state index contributed by atoms with van der Waals surface area (Å²) in [5.41, 5.74) is 0. The van der Waals surface area contributed by atoms with Gasteiger partial charge >= 0.3 is 43.9 Å². The van der Waals surface area contributed by atoms with Gasteiger partial charge in [0, 0.05) is 37.7 Å². The minimum atomic E-state index is -2.17. The summed E-state index contributed by atoms with van der Waals surface area (Å²) in [4.78, 5) is 0. The van der Waals surface area contributed by atoms with Crippen molar-refractivity contribution in [3.05, 3.63) is 0 Å². The molecule has 0 heterocycles. The van der Waals surface area contributed by atoms with Gasteiger partial charge in [0.2, 0.25) is 0 Å². The van der Waals surface area contributed by atoms with Gasteiger partial charge in [-0.15, -0.1) is 0 Å². The fourth-order valence-corrected chi connectivity index (χ4v) is 0. The zero-order chi connectivity index (χ0) is 21.5. The Hall–Kier alpha value is 0.729. The van der Waals surface area contributed by atoms with E-state index in [1.165, 1.54) is 0 Å². The van der Waals surface area contributed by atoms with Gasteiger partial charge in [0.05, 0.1) is 0 Å². The fourth-order valence-electron chi connectivity index (χ4n) is 0. The first-order chi connectivity index (χ1) is 10.4. The van der Waals surface area contributed by atoms with Gasteiger partial charge in [-0.1, -0.05) is 0 Å². The van der Waals surface area contributed by atoms with Crippen LogP contribution in [-0.4, -0.2) is 199 Å². The molecule has 0 fully saturated rings. The van der Waals surface area contributed by atoms with Crippen LogP contribution in [0.3, 0.4) is 0 Å². The number of hydrogen-bond donors (Lipinski definition) is 18. The Morgan fingerprint density at radius 2 is 0.200 bits per heavy atom. The summed E-state index contributed by atoms with van der Waals surface area (Å²) in [5.74, 6) is 0. The molecule has 0 aromatic carbocycles. The molecule has 28 N–H and O–H groups in total. The number of rotatable bonds is 0. The van der Waals surface area contributed by atoms with Crippen LogP contribution < -0.4 is 0 Å². The van der Waals surface area contributed by atoms with E-state index in [4.69, 9.17) is 90.4 Å². The molecular formula is H28B6CaO23. The third-order valence-corrected chi connectivity index (χ3v) is 0. The standard InChI is InChI=1S/6BH3O3.Ca.5H2O/c6*2-1(3)4;;;;;;/h6*2-4H;;5*1H2. The van der Waals surface area contributed by atoms with Gasteiger partial charge in [0.15, 0.2) is 0 Å². The van der Waals surface area contributed by atoms with E-state index >= 15 is 0 Å². The Balaban J connectivity index is -0.0000000125. The maximum Gasteiger partial charge on any atom is 0.631 e. The molecule has 0 rings (SSSR count). The first-order valence-corrected chi connectivity index (χ1v) is 4.65. The molecule has 0 aliphatic heterocycles. The van der Waals surface area contributed by atoms with Crippen molar-refractivity contribution in [2.45, 2.75) is 0 Å². The summed E-state index contributed by atoms with van der Waals surface area (Å²) in [6, 6.07) is 0. The zero-order valence-corrected chi connectivity index (χ0v) is 16.9. The molecule has 0 amide bonds. The van der Waals surface area contributed by atoms with Gasteiger partial charge in [-0.25, -0.2) is 0 Å². The Morgan fingerprint density at radius 3 is 0.200 bits per heavy atom. The molecule has 0 saturated carbocycles. The molecule has 23 nitrogen and oxygen atoms in total. The maximum atomic E-state index is 7.17. The van der Waals surface area contributed by atoms with Crippen molar-refractivity contribution in [1.29, 1.82) is 0 Å².